The van der Waals surface area contributed by atoms with Crippen molar-refractivity contribution in [1.82, 2.24) is 10.6 Å². The number of thiol groups is 2. The highest BCUT2D eigenvalue weighted by Crippen LogP contribution is 2.01. The second-order valence-electron chi connectivity index (χ2n) is 4.44. The van der Waals surface area contributed by atoms with Crippen LogP contribution in [-0.4, -0.2) is 58.4 Å². The number of primary amides is 1. The zero-order valence-electron chi connectivity index (χ0n) is 11.7. The van der Waals surface area contributed by atoms with E-state index in [9.17, 15) is 19.2 Å². The topological polar surface area (TPSA) is 165 Å². The molecule has 7 N–H and O–H groups in total. The van der Waals surface area contributed by atoms with Crippen LogP contribution in [0.4, 0.5) is 0 Å². The Labute approximate surface area is 138 Å². The number of carbonyl (C=O) groups excluding carboxylic acids is 3. The van der Waals surface area contributed by atoms with Gasteiger partial charge in [-0.05, 0) is 6.42 Å². The summed E-state index contributed by atoms with van der Waals surface area (Å²) in [4.78, 5) is 45.5. The van der Waals surface area contributed by atoms with Crippen molar-refractivity contribution >= 4 is 48.9 Å². The minimum Gasteiger partial charge on any atom is -0.480 e. The fourth-order valence-corrected chi connectivity index (χ4v) is 1.79. The largest absolute Gasteiger partial charge is 0.480 e. The third-order valence-electron chi connectivity index (χ3n) is 2.64. The molecule has 0 unspecified atom stereocenters. The number of amides is 3. The number of carbonyl (C=O) groups is 4. The van der Waals surface area contributed by atoms with E-state index in [1.54, 1.807) is 0 Å². The maximum absolute atomic E-state index is 12.0. The zero-order chi connectivity index (χ0) is 17.3. The van der Waals surface area contributed by atoms with Gasteiger partial charge >= 0.3 is 5.97 Å². The summed E-state index contributed by atoms with van der Waals surface area (Å²) in [5, 5.41) is 13.4. The Morgan fingerprint density at radius 3 is 1.95 bits per heavy atom. The van der Waals surface area contributed by atoms with Gasteiger partial charge in [-0.3, -0.25) is 14.4 Å². The van der Waals surface area contributed by atoms with Crippen LogP contribution in [-0.2, 0) is 19.2 Å². The quantitative estimate of drug-likeness (QED) is 0.215. The molecule has 3 atom stereocenters. The van der Waals surface area contributed by atoms with Gasteiger partial charge in [-0.25, -0.2) is 4.79 Å². The molecule has 0 bridgehead atoms. The molecule has 0 aliphatic carbocycles. The van der Waals surface area contributed by atoms with Crippen molar-refractivity contribution < 1.29 is 24.3 Å². The smallest absolute Gasteiger partial charge is 0.327 e. The molecule has 0 saturated carbocycles. The van der Waals surface area contributed by atoms with Crippen molar-refractivity contribution in [2.24, 2.45) is 11.5 Å². The summed E-state index contributed by atoms with van der Waals surface area (Å²) >= 11 is 7.68. The van der Waals surface area contributed by atoms with Crippen LogP contribution >= 0.6 is 25.3 Å². The lowest BCUT2D eigenvalue weighted by Crippen LogP contribution is -2.55. The lowest BCUT2D eigenvalue weighted by atomic mass is 10.1. The molecule has 0 aromatic heterocycles. The highest BCUT2D eigenvalue weighted by molar-refractivity contribution is 7.80. The van der Waals surface area contributed by atoms with Gasteiger partial charge in [-0.15, -0.1) is 0 Å². The van der Waals surface area contributed by atoms with E-state index in [1.165, 1.54) is 0 Å². The number of nitrogens with one attached hydrogen (secondary N) is 2. The molecule has 0 heterocycles. The van der Waals surface area contributed by atoms with Crippen molar-refractivity contribution in [3.63, 3.8) is 0 Å². The van der Waals surface area contributed by atoms with Gasteiger partial charge in [0.25, 0.3) is 0 Å². The van der Waals surface area contributed by atoms with E-state index in [-0.39, 0.29) is 24.3 Å². The average Bonchev–Trinajstić information content (AvgIpc) is 2.46. The van der Waals surface area contributed by atoms with E-state index in [2.05, 4.69) is 35.9 Å². The molecule has 22 heavy (non-hydrogen) atoms. The fraction of sp³-hybridized carbons (Fsp3) is 0.636. The Hall–Kier alpha value is -1.46. The minimum absolute atomic E-state index is 0.0599. The van der Waals surface area contributed by atoms with Gasteiger partial charge in [-0.1, -0.05) is 0 Å². The Kier molecular flexibility index (Phi) is 9.61. The average molecular weight is 352 g/mol. The first-order valence-electron chi connectivity index (χ1n) is 6.32. The van der Waals surface area contributed by atoms with E-state index in [0.29, 0.717) is 0 Å². The first kappa shape index (κ1) is 20.5. The molecule has 9 nitrogen and oxygen atoms in total. The molecule has 0 aliphatic rings. The Balaban J connectivity index is 4.89. The molecule has 11 heteroatoms. The second kappa shape index (κ2) is 10.3. The maximum Gasteiger partial charge on any atom is 0.327 e. The van der Waals surface area contributed by atoms with E-state index >= 15 is 0 Å². The van der Waals surface area contributed by atoms with Crippen LogP contribution in [0.25, 0.3) is 0 Å². The number of nitrogens with two attached hydrogens (primary N) is 2. The first-order chi connectivity index (χ1) is 10.2. The molecule has 0 radical (unpaired) electrons. The van der Waals surface area contributed by atoms with Crippen LogP contribution in [0.15, 0.2) is 0 Å². The number of aliphatic carboxylic acids is 1. The first-order valence-corrected chi connectivity index (χ1v) is 7.58. The highest BCUT2D eigenvalue weighted by atomic mass is 32.1. The lowest BCUT2D eigenvalue weighted by Gasteiger charge is -2.21. The number of hydrogen-bond acceptors (Lipinski definition) is 7. The van der Waals surface area contributed by atoms with Gasteiger partial charge in [0.2, 0.25) is 17.7 Å². The van der Waals surface area contributed by atoms with Crippen molar-refractivity contribution in [3.8, 4) is 0 Å². The molecule has 0 saturated heterocycles. The van der Waals surface area contributed by atoms with E-state index in [0.717, 1.165) is 0 Å². The van der Waals surface area contributed by atoms with Crippen LogP contribution in [0.5, 0.6) is 0 Å². The van der Waals surface area contributed by atoms with Gasteiger partial charge in [0.15, 0.2) is 0 Å². The third-order valence-corrected chi connectivity index (χ3v) is 3.40. The maximum atomic E-state index is 12.0. The van der Waals surface area contributed by atoms with Crippen LogP contribution in [0.1, 0.15) is 12.8 Å². The minimum atomic E-state index is -1.27. The van der Waals surface area contributed by atoms with E-state index in [1.807, 2.05) is 0 Å². The van der Waals surface area contributed by atoms with Crippen molar-refractivity contribution in [1.29, 1.82) is 0 Å². The summed E-state index contributed by atoms with van der Waals surface area (Å²) in [6, 6.07) is -3.29. The third kappa shape index (κ3) is 7.52. The Bertz CT molecular complexity index is 435. The second-order valence-corrected chi connectivity index (χ2v) is 5.17. The van der Waals surface area contributed by atoms with Crippen molar-refractivity contribution in [2.45, 2.75) is 31.0 Å². The van der Waals surface area contributed by atoms with Gasteiger partial charge in [0, 0.05) is 17.9 Å². The summed E-state index contributed by atoms with van der Waals surface area (Å²) < 4.78 is 0. The molecule has 0 rings (SSSR count). The van der Waals surface area contributed by atoms with Gasteiger partial charge in [0.05, 0.1) is 6.04 Å². The van der Waals surface area contributed by atoms with Crippen molar-refractivity contribution in [3.05, 3.63) is 0 Å². The van der Waals surface area contributed by atoms with E-state index < -0.39 is 41.8 Å². The summed E-state index contributed by atoms with van der Waals surface area (Å²) in [5.74, 6) is -3.40. The van der Waals surface area contributed by atoms with E-state index in [4.69, 9.17) is 16.6 Å². The zero-order valence-corrected chi connectivity index (χ0v) is 13.5. The van der Waals surface area contributed by atoms with Gasteiger partial charge < -0.3 is 27.2 Å². The summed E-state index contributed by atoms with van der Waals surface area (Å²) in [7, 11) is 0. The molecular weight excluding hydrogens is 332 g/mol. The molecule has 0 spiro atoms. The summed E-state index contributed by atoms with van der Waals surface area (Å²) in [6.07, 6.45) is -0.238. The molecule has 3 amide bonds. The SMILES string of the molecule is NC(=O)CC[C@H](NC(=O)[C@@H](N)CS)C(=O)N[C@@H](CS)C(=O)O. The van der Waals surface area contributed by atoms with Gasteiger partial charge in [-0.2, -0.15) is 25.3 Å². The lowest BCUT2D eigenvalue weighted by molar-refractivity contribution is -0.141. The summed E-state index contributed by atoms with van der Waals surface area (Å²) in [6.45, 7) is 0. The Morgan fingerprint density at radius 1 is 1.00 bits per heavy atom. The van der Waals surface area contributed by atoms with Gasteiger partial charge in [0.1, 0.15) is 12.1 Å². The van der Waals surface area contributed by atoms with Crippen LogP contribution in [0.3, 0.4) is 0 Å². The number of rotatable bonds is 10. The molecule has 0 aromatic carbocycles. The number of carboxylic acid groups (broad SMARTS) is 1. The number of hydrogen-bond donors (Lipinski definition) is 7. The van der Waals surface area contributed by atoms with Crippen LogP contribution in [0.2, 0.25) is 0 Å². The molecule has 0 fully saturated rings. The molecular formula is C11H20N4O5S2. The monoisotopic (exact) mass is 352 g/mol. The number of carboxylic acids is 1. The predicted octanol–water partition coefficient (Wildman–Crippen LogP) is -2.51. The molecule has 126 valence electrons. The van der Waals surface area contributed by atoms with Crippen molar-refractivity contribution in [2.75, 3.05) is 11.5 Å². The normalized spacial score (nSPS) is 14.5. The fourth-order valence-electron chi connectivity index (χ4n) is 1.37. The molecule has 0 aromatic rings. The highest BCUT2D eigenvalue weighted by Gasteiger charge is 2.27. The standard InChI is InChI=1S/C11H20N4O5S2/c12-5(3-21)9(17)14-6(1-2-8(13)16)10(18)15-7(4-22)11(19)20/h5-7,21-22H,1-4,12H2,(H2,13,16)(H,14,17)(H,15,18)(H,19,20)/t5-,6-,7-/m0/s1. The molecule has 0 aliphatic heterocycles. The Morgan fingerprint density at radius 2 is 1.55 bits per heavy atom. The summed E-state index contributed by atoms with van der Waals surface area (Å²) in [5.41, 5.74) is 10.5. The van der Waals surface area contributed by atoms with Crippen LogP contribution < -0.4 is 22.1 Å². The van der Waals surface area contributed by atoms with Crippen LogP contribution in [0, 0.1) is 0 Å². The predicted molar refractivity (Wildman–Crippen MR) is 85.6 cm³/mol.